The van der Waals surface area contributed by atoms with Gasteiger partial charge in [-0.3, -0.25) is 9.78 Å². The van der Waals surface area contributed by atoms with Crippen LogP contribution in [0.25, 0.3) is 11.1 Å². The van der Waals surface area contributed by atoms with E-state index in [1.54, 1.807) is 18.5 Å². The fraction of sp³-hybridized carbons (Fsp3) is 0.0588. The highest BCUT2D eigenvalue weighted by Crippen LogP contribution is 2.22. The number of benzene rings is 1. The number of rotatable bonds is 4. The first kappa shape index (κ1) is 13.9. The Morgan fingerprint density at radius 3 is 2.68 bits per heavy atom. The fourth-order valence-electron chi connectivity index (χ4n) is 2.17. The van der Waals surface area contributed by atoms with Crippen LogP contribution >= 0.6 is 0 Å². The van der Waals surface area contributed by atoms with E-state index in [0.29, 0.717) is 12.2 Å². The van der Waals surface area contributed by atoms with E-state index >= 15 is 0 Å². The first-order valence-corrected chi connectivity index (χ1v) is 6.87. The van der Waals surface area contributed by atoms with Crippen LogP contribution in [-0.4, -0.2) is 20.9 Å². The molecule has 0 fully saturated rings. The van der Waals surface area contributed by atoms with E-state index in [0.717, 1.165) is 16.7 Å². The van der Waals surface area contributed by atoms with Gasteiger partial charge in [0.15, 0.2) is 0 Å². The zero-order valence-corrected chi connectivity index (χ0v) is 11.8. The highest BCUT2D eigenvalue weighted by Gasteiger charge is 2.09. The maximum atomic E-state index is 12.1. The number of amides is 1. The van der Waals surface area contributed by atoms with Gasteiger partial charge in [-0.15, -0.1) is 0 Å². The largest absolute Gasteiger partial charge is 0.347 e. The number of hydrogen-bond acceptors (Lipinski definition) is 4. The van der Waals surface area contributed by atoms with Crippen LogP contribution in [0, 0.1) is 0 Å². The first-order chi connectivity index (χ1) is 10.8. The summed E-state index contributed by atoms with van der Waals surface area (Å²) < 4.78 is 0. The summed E-state index contributed by atoms with van der Waals surface area (Å²) in [6, 6.07) is 13.4. The molecule has 3 rings (SSSR count). The predicted octanol–water partition coefficient (Wildman–Crippen LogP) is 2.47. The second kappa shape index (κ2) is 6.58. The average molecular weight is 290 g/mol. The van der Waals surface area contributed by atoms with Gasteiger partial charge in [0.1, 0.15) is 12.0 Å². The molecule has 0 atom stereocenters. The Balaban J connectivity index is 1.78. The minimum Gasteiger partial charge on any atom is -0.347 e. The summed E-state index contributed by atoms with van der Waals surface area (Å²) in [6.07, 6.45) is 6.46. The van der Waals surface area contributed by atoms with Gasteiger partial charge in [0.2, 0.25) is 0 Å². The Labute approximate surface area is 128 Å². The number of pyridine rings is 1. The lowest BCUT2D eigenvalue weighted by Gasteiger charge is -2.10. The van der Waals surface area contributed by atoms with E-state index in [1.165, 1.54) is 6.33 Å². The molecule has 1 N–H and O–H groups in total. The van der Waals surface area contributed by atoms with Crippen LogP contribution in [0.2, 0.25) is 0 Å². The smallest absolute Gasteiger partial charge is 0.270 e. The molecule has 2 heterocycles. The molecule has 0 saturated heterocycles. The van der Waals surface area contributed by atoms with Crippen molar-refractivity contribution in [3.63, 3.8) is 0 Å². The third kappa shape index (κ3) is 3.15. The number of hydrogen-bond donors (Lipinski definition) is 1. The Bertz CT molecular complexity index is 760. The van der Waals surface area contributed by atoms with Crippen LogP contribution in [0.3, 0.4) is 0 Å². The Kier molecular flexibility index (Phi) is 4.15. The minimum absolute atomic E-state index is 0.219. The minimum atomic E-state index is -0.219. The quantitative estimate of drug-likeness (QED) is 0.801. The molecule has 0 aliphatic heterocycles. The van der Waals surface area contributed by atoms with Gasteiger partial charge in [0.05, 0.1) is 0 Å². The molecular formula is C17H14N4O. The molecule has 0 aliphatic carbocycles. The van der Waals surface area contributed by atoms with Crippen molar-refractivity contribution in [2.45, 2.75) is 6.54 Å². The Morgan fingerprint density at radius 1 is 1.00 bits per heavy atom. The molecule has 108 valence electrons. The van der Waals surface area contributed by atoms with Crippen LogP contribution in [-0.2, 0) is 6.54 Å². The molecule has 0 spiro atoms. The molecule has 2 aromatic heterocycles. The second-order valence-electron chi connectivity index (χ2n) is 4.68. The molecular weight excluding hydrogens is 276 g/mol. The van der Waals surface area contributed by atoms with Gasteiger partial charge in [-0.2, -0.15) is 0 Å². The van der Waals surface area contributed by atoms with Crippen LogP contribution < -0.4 is 5.32 Å². The topological polar surface area (TPSA) is 67.8 Å². The van der Waals surface area contributed by atoms with Gasteiger partial charge < -0.3 is 5.32 Å². The van der Waals surface area contributed by atoms with Gasteiger partial charge in [-0.05, 0) is 23.3 Å². The van der Waals surface area contributed by atoms with Gasteiger partial charge in [-0.1, -0.05) is 30.3 Å². The summed E-state index contributed by atoms with van der Waals surface area (Å²) in [4.78, 5) is 23.9. The van der Waals surface area contributed by atoms with E-state index in [9.17, 15) is 4.79 Å². The normalized spacial score (nSPS) is 10.2. The fourth-order valence-corrected chi connectivity index (χ4v) is 2.17. The zero-order chi connectivity index (χ0) is 15.2. The summed E-state index contributed by atoms with van der Waals surface area (Å²) in [7, 11) is 0. The molecule has 0 aliphatic rings. The summed E-state index contributed by atoms with van der Waals surface area (Å²) in [6.45, 7) is 0.425. The first-order valence-electron chi connectivity index (χ1n) is 6.87. The van der Waals surface area contributed by atoms with Crippen molar-refractivity contribution in [2.24, 2.45) is 0 Å². The van der Waals surface area contributed by atoms with Crippen molar-refractivity contribution in [2.75, 3.05) is 0 Å². The molecule has 5 nitrogen and oxygen atoms in total. The van der Waals surface area contributed by atoms with Crippen LogP contribution in [0.1, 0.15) is 16.1 Å². The SMILES string of the molecule is O=C(NCc1ccccc1-c1cccnc1)c1ccncn1. The van der Waals surface area contributed by atoms with Crippen molar-refractivity contribution >= 4 is 5.91 Å². The molecule has 0 bridgehead atoms. The van der Waals surface area contributed by atoms with Gasteiger partial charge in [0.25, 0.3) is 5.91 Å². The lowest BCUT2D eigenvalue weighted by atomic mass is 10.0. The van der Waals surface area contributed by atoms with E-state index < -0.39 is 0 Å². The Hall–Kier alpha value is -3.08. The molecule has 1 amide bonds. The van der Waals surface area contributed by atoms with Crippen molar-refractivity contribution < 1.29 is 4.79 Å². The molecule has 3 aromatic rings. The summed E-state index contributed by atoms with van der Waals surface area (Å²) in [5.74, 6) is -0.219. The highest BCUT2D eigenvalue weighted by atomic mass is 16.1. The average Bonchev–Trinajstić information content (AvgIpc) is 2.61. The Morgan fingerprint density at radius 2 is 1.91 bits per heavy atom. The molecule has 1 aromatic carbocycles. The predicted molar refractivity (Wildman–Crippen MR) is 82.9 cm³/mol. The zero-order valence-electron chi connectivity index (χ0n) is 11.8. The highest BCUT2D eigenvalue weighted by molar-refractivity contribution is 5.92. The van der Waals surface area contributed by atoms with Crippen LogP contribution in [0.5, 0.6) is 0 Å². The van der Waals surface area contributed by atoms with Gasteiger partial charge in [0, 0.05) is 30.7 Å². The van der Waals surface area contributed by atoms with Crippen molar-refractivity contribution in [1.29, 1.82) is 0 Å². The van der Waals surface area contributed by atoms with Crippen molar-refractivity contribution in [3.8, 4) is 11.1 Å². The molecule has 0 radical (unpaired) electrons. The van der Waals surface area contributed by atoms with Crippen molar-refractivity contribution in [1.82, 2.24) is 20.3 Å². The van der Waals surface area contributed by atoms with Crippen LogP contribution in [0.15, 0.2) is 67.4 Å². The lowest BCUT2D eigenvalue weighted by Crippen LogP contribution is -2.24. The standard InChI is InChI=1S/C17H14N4O/c22-17(16-7-9-19-12-21-16)20-11-14-4-1-2-6-15(14)13-5-3-8-18-10-13/h1-10,12H,11H2,(H,20,22). The summed E-state index contributed by atoms with van der Waals surface area (Å²) >= 11 is 0. The summed E-state index contributed by atoms with van der Waals surface area (Å²) in [5.41, 5.74) is 3.46. The van der Waals surface area contributed by atoms with E-state index in [1.807, 2.05) is 42.6 Å². The monoisotopic (exact) mass is 290 g/mol. The van der Waals surface area contributed by atoms with E-state index in [-0.39, 0.29) is 5.91 Å². The number of aromatic nitrogens is 3. The molecule has 5 heteroatoms. The molecule has 0 unspecified atom stereocenters. The third-order valence-electron chi connectivity index (χ3n) is 3.24. The molecule has 22 heavy (non-hydrogen) atoms. The van der Waals surface area contributed by atoms with Gasteiger partial charge in [-0.25, -0.2) is 9.97 Å². The maximum absolute atomic E-state index is 12.1. The lowest BCUT2D eigenvalue weighted by molar-refractivity contribution is 0.0946. The van der Waals surface area contributed by atoms with Crippen LogP contribution in [0.4, 0.5) is 0 Å². The maximum Gasteiger partial charge on any atom is 0.270 e. The van der Waals surface area contributed by atoms with E-state index in [2.05, 4.69) is 20.3 Å². The van der Waals surface area contributed by atoms with Gasteiger partial charge >= 0.3 is 0 Å². The number of nitrogens with zero attached hydrogens (tertiary/aromatic N) is 3. The number of nitrogens with one attached hydrogen (secondary N) is 1. The third-order valence-corrected chi connectivity index (χ3v) is 3.24. The molecule has 0 saturated carbocycles. The van der Waals surface area contributed by atoms with E-state index in [4.69, 9.17) is 0 Å². The second-order valence-corrected chi connectivity index (χ2v) is 4.68. The summed E-state index contributed by atoms with van der Waals surface area (Å²) in [5, 5.41) is 2.88. The van der Waals surface area contributed by atoms with Crippen molar-refractivity contribution in [3.05, 3.63) is 78.6 Å². The number of carbonyl (C=O) groups excluding carboxylic acids is 1. The number of carbonyl (C=O) groups is 1.